The van der Waals surface area contributed by atoms with E-state index in [-0.39, 0.29) is 0 Å². The van der Waals surface area contributed by atoms with Crippen LogP contribution >= 0.6 is 0 Å². The molecule has 1 heterocycles. The summed E-state index contributed by atoms with van der Waals surface area (Å²) in [4.78, 5) is 2.49. The lowest BCUT2D eigenvalue weighted by atomic mass is 10.2. The van der Waals surface area contributed by atoms with Crippen LogP contribution in [-0.2, 0) is 4.74 Å². The molecule has 1 saturated heterocycles. The van der Waals surface area contributed by atoms with E-state index in [0.717, 1.165) is 32.8 Å². The molecular formula is C10H22N2O. The monoisotopic (exact) mass is 186 g/mol. The van der Waals surface area contributed by atoms with Crippen molar-refractivity contribution < 1.29 is 4.74 Å². The van der Waals surface area contributed by atoms with E-state index in [9.17, 15) is 0 Å². The number of morpholine rings is 1. The molecule has 13 heavy (non-hydrogen) atoms. The third-order valence-electron chi connectivity index (χ3n) is 2.49. The molecule has 78 valence electrons. The third kappa shape index (κ3) is 4.07. The number of hydrogen-bond donors (Lipinski definition) is 1. The molecule has 0 spiro atoms. The van der Waals surface area contributed by atoms with E-state index in [1.165, 1.54) is 0 Å². The Morgan fingerprint density at radius 3 is 2.38 bits per heavy atom. The summed E-state index contributed by atoms with van der Waals surface area (Å²) in [5, 5.41) is 3.46. The largest absolute Gasteiger partial charge is 0.379 e. The summed E-state index contributed by atoms with van der Waals surface area (Å²) in [5.41, 5.74) is 0. The molecule has 3 nitrogen and oxygen atoms in total. The normalized spacial score (nSPS) is 22.2. The van der Waals surface area contributed by atoms with Gasteiger partial charge in [-0.1, -0.05) is 13.8 Å². The minimum absolute atomic E-state index is 0.587. The highest BCUT2D eigenvalue weighted by atomic mass is 16.5. The highest BCUT2D eigenvalue weighted by molar-refractivity contribution is 4.72. The molecule has 1 aliphatic heterocycles. The van der Waals surface area contributed by atoms with Crippen molar-refractivity contribution in [1.29, 1.82) is 0 Å². The van der Waals surface area contributed by atoms with Gasteiger partial charge in [0.1, 0.15) is 0 Å². The molecule has 1 fully saturated rings. The Kier molecular flexibility index (Phi) is 4.70. The Morgan fingerprint density at radius 1 is 1.23 bits per heavy atom. The average molecular weight is 186 g/mol. The average Bonchev–Trinajstić information content (AvgIpc) is 2.15. The van der Waals surface area contributed by atoms with Gasteiger partial charge < -0.3 is 10.1 Å². The first kappa shape index (κ1) is 11.0. The van der Waals surface area contributed by atoms with Crippen molar-refractivity contribution in [3.8, 4) is 0 Å². The van der Waals surface area contributed by atoms with E-state index in [4.69, 9.17) is 4.74 Å². The Hall–Kier alpha value is -0.120. The predicted molar refractivity (Wildman–Crippen MR) is 55.0 cm³/mol. The van der Waals surface area contributed by atoms with Gasteiger partial charge in [0.2, 0.25) is 0 Å². The van der Waals surface area contributed by atoms with Gasteiger partial charge in [0.15, 0.2) is 0 Å². The molecule has 3 heteroatoms. The lowest BCUT2D eigenvalue weighted by Gasteiger charge is -2.32. The van der Waals surface area contributed by atoms with Crippen LogP contribution < -0.4 is 5.32 Å². The van der Waals surface area contributed by atoms with E-state index >= 15 is 0 Å². The zero-order valence-electron chi connectivity index (χ0n) is 9.05. The Balaban J connectivity index is 2.17. The SMILES string of the molecule is CC(C)NCC(C)N1CCOCC1. The maximum atomic E-state index is 5.31. The molecule has 1 N–H and O–H groups in total. The minimum atomic E-state index is 0.587. The van der Waals surface area contributed by atoms with Crippen molar-refractivity contribution in [1.82, 2.24) is 10.2 Å². The van der Waals surface area contributed by atoms with Crippen LogP contribution in [0.3, 0.4) is 0 Å². The molecule has 0 amide bonds. The van der Waals surface area contributed by atoms with Gasteiger partial charge in [0, 0.05) is 31.7 Å². The second-order valence-electron chi connectivity index (χ2n) is 4.06. The van der Waals surface area contributed by atoms with Crippen molar-refractivity contribution in [3.05, 3.63) is 0 Å². The number of rotatable bonds is 4. The first-order chi connectivity index (χ1) is 6.20. The molecular weight excluding hydrogens is 164 g/mol. The van der Waals surface area contributed by atoms with E-state index in [2.05, 4.69) is 31.0 Å². The van der Waals surface area contributed by atoms with Gasteiger partial charge in [-0.15, -0.1) is 0 Å². The van der Waals surface area contributed by atoms with E-state index in [0.29, 0.717) is 12.1 Å². The van der Waals surface area contributed by atoms with Crippen molar-refractivity contribution in [3.63, 3.8) is 0 Å². The lowest BCUT2D eigenvalue weighted by molar-refractivity contribution is 0.0201. The van der Waals surface area contributed by atoms with Crippen LogP contribution in [0.1, 0.15) is 20.8 Å². The second-order valence-corrected chi connectivity index (χ2v) is 4.06. The third-order valence-corrected chi connectivity index (χ3v) is 2.49. The highest BCUT2D eigenvalue weighted by Gasteiger charge is 2.16. The molecule has 0 aromatic carbocycles. The summed E-state index contributed by atoms with van der Waals surface area (Å²) in [5.74, 6) is 0. The minimum Gasteiger partial charge on any atom is -0.379 e. The molecule has 1 rings (SSSR count). The smallest absolute Gasteiger partial charge is 0.0594 e. The maximum absolute atomic E-state index is 5.31. The van der Waals surface area contributed by atoms with Gasteiger partial charge in [0.05, 0.1) is 13.2 Å². The van der Waals surface area contributed by atoms with Crippen LogP contribution in [0.5, 0.6) is 0 Å². The van der Waals surface area contributed by atoms with Gasteiger partial charge in [-0.25, -0.2) is 0 Å². The lowest BCUT2D eigenvalue weighted by Crippen LogP contribution is -2.47. The maximum Gasteiger partial charge on any atom is 0.0594 e. The van der Waals surface area contributed by atoms with E-state index < -0.39 is 0 Å². The number of hydrogen-bond acceptors (Lipinski definition) is 3. The zero-order chi connectivity index (χ0) is 9.68. The summed E-state index contributed by atoms with van der Waals surface area (Å²) in [6.45, 7) is 11.7. The van der Waals surface area contributed by atoms with Crippen LogP contribution in [0, 0.1) is 0 Å². The van der Waals surface area contributed by atoms with Crippen molar-refractivity contribution >= 4 is 0 Å². The Morgan fingerprint density at radius 2 is 1.85 bits per heavy atom. The molecule has 0 saturated carbocycles. The molecule has 1 aliphatic rings. The van der Waals surface area contributed by atoms with Crippen LogP contribution in [0.25, 0.3) is 0 Å². The summed E-state index contributed by atoms with van der Waals surface area (Å²) in [6, 6.07) is 1.22. The van der Waals surface area contributed by atoms with Gasteiger partial charge in [-0.05, 0) is 6.92 Å². The molecule has 0 bridgehead atoms. The van der Waals surface area contributed by atoms with E-state index in [1.807, 2.05) is 0 Å². The molecule has 1 atom stereocenters. The van der Waals surface area contributed by atoms with Crippen LogP contribution in [0.15, 0.2) is 0 Å². The topological polar surface area (TPSA) is 24.5 Å². The summed E-state index contributed by atoms with van der Waals surface area (Å²) in [6.07, 6.45) is 0. The van der Waals surface area contributed by atoms with Gasteiger partial charge >= 0.3 is 0 Å². The molecule has 0 aromatic heterocycles. The number of nitrogens with one attached hydrogen (secondary N) is 1. The van der Waals surface area contributed by atoms with Crippen molar-refractivity contribution in [2.24, 2.45) is 0 Å². The summed E-state index contributed by atoms with van der Waals surface area (Å²) < 4.78 is 5.31. The Labute approximate surface area is 81.4 Å². The molecule has 0 radical (unpaired) electrons. The second kappa shape index (κ2) is 5.58. The number of nitrogens with zero attached hydrogens (tertiary/aromatic N) is 1. The predicted octanol–water partition coefficient (Wildman–Crippen LogP) is 0.705. The Bertz CT molecular complexity index is 133. The van der Waals surface area contributed by atoms with Gasteiger partial charge in [0.25, 0.3) is 0 Å². The van der Waals surface area contributed by atoms with Gasteiger partial charge in [-0.3, -0.25) is 4.90 Å². The summed E-state index contributed by atoms with van der Waals surface area (Å²) in [7, 11) is 0. The van der Waals surface area contributed by atoms with E-state index in [1.54, 1.807) is 0 Å². The van der Waals surface area contributed by atoms with Crippen LogP contribution in [0.4, 0.5) is 0 Å². The van der Waals surface area contributed by atoms with Gasteiger partial charge in [-0.2, -0.15) is 0 Å². The highest BCUT2D eigenvalue weighted by Crippen LogP contribution is 2.02. The first-order valence-corrected chi connectivity index (χ1v) is 5.25. The molecule has 1 unspecified atom stereocenters. The zero-order valence-corrected chi connectivity index (χ0v) is 9.05. The fraction of sp³-hybridized carbons (Fsp3) is 1.00. The molecule has 0 aromatic rings. The summed E-state index contributed by atoms with van der Waals surface area (Å²) >= 11 is 0. The quantitative estimate of drug-likeness (QED) is 0.699. The van der Waals surface area contributed by atoms with Crippen LogP contribution in [0.2, 0.25) is 0 Å². The fourth-order valence-corrected chi connectivity index (χ4v) is 1.55. The van der Waals surface area contributed by atoms with Crippen molar-refractivity contribution in [2.45, 2.75) is 32.9 Å². The molecule has 0 aliphatic carbocycles. The first-order valence-electron chi connectivity index (χ1n) is 5.25. The van der Waals surface area contributed by atoms with Crippen molar-refractivity contribution in [2.75, 3.05) is 32.8 Å². The standard InChI is InChI=1S/C10H22N2O/c1-9(2)11-8-10(3)12-4-6-13-7-5-12/h9-11H,4-8H2,1-3H3. The number of ether oxygens (including phenoxy) is 1. The fourth-order valence-electron chi connectivity index (χ4n) is 1.55. The van der Waals surface area contributed by atoms with Crippen LogP contribution in [-0.4, -0.2) is 49.8 Å².